The van der Waals surface area contributed by atoms with Gasteiger partial charge >= 0.3 is 0 Å². The maximum absolute atomic E-state index is 15.3. The summed E-state index contributed by atoms with van der Waals surface area (Å²) in [4.78, 5) is 14.3. The highest BCUT2D eigenvalue weighted by molar-refractivity contribution is 8.13. The summed E-state index contributed by atoms with van der Waals surface area (Å²) in [5.74, 6) is -0.257. The lowest BCUT2D eigenvalue weighted by molar-refractivity contribution is 0.0357. The summed E-state index contributed by atoms with van der Waals surface area (Å²) in [7, 11) is 3.93. The molecule has 0 radical (unpaired) electrons. The molecule has 0 aromatic heterocycles. The van der Waals surface area contributed by atoms with Gasteiger partial charge in [0, 0.05) is 61.6 Å². The molecule has 1 fully saturated rings. The molecule has 0 N–H and O–H groups in total. The van der Waals surface area contributed by atoms with E-state index >= 15 is 4.39 Å². The summed E-state index contributed by atoms with van der Waals surface area (Å²) in [6.07, 6.45) is 2.77. The largest absolute Gasteiger partial charge is 0.490 e. The van der Waals surface area contributed by atoms with E-state index in [2.05, 4.69) is 4.90 Å². The zero-order chi connectivity index (χ0) is 25.7. The van der Waals surface area contributed by atoms with Crippen LogP contribution in [0.3, 0.4) is 0 Å². The second-order valence-electron chi connectivity index (χ2n) is 8.85. The van der Waals surface area contributed by atoms with Crippen LogP contribution < -0.4 is 4.74 Å². The van der Waals surface area contributed by atoms with Gasteiger partial charge in [0.15, 0.2) is 11.6 Å². The smallest absolute Gasteiger partial charge is 0.165 e. The van der Waals surface area contributed by atoms with E-state index in [-0.39, 0.29) is 5.75 Å². The van der Waals surface area contributed by atoms with Gasteiger partial charge in [0.1, 0.15) is 10.7 Å². The van der Waals surface area contributed by atoms with Crippen molar-refractivity contribution < 1.29 is 13.9 Å². The Labute approximate surface area is 221 Å². The Morgan fingerprint density at radius 3 is 2.61 bits per heavy atom. The molecule has 0 amide bonds. The number of nitrogens with zero attached hydrogens (tertiary/aromatic N) is 4. The number of allylic oxidation sites excluding steroid dienone is 1. The number of benzene rings is 2. The quantitative estimate of drug-likeness (QED) is 0.435. The fourth-order valence-electron chi connectivity index (χ4n) is 4.06. The highest BCUT2D eigenvalue weighted by Gasteiger charge is 2.24. The van der Waals surface area contributed by atoms with Crippen LogP contribution in [0.25, 0.3) is 0 Å². The van der Waals surface area contributed by atoms with E-state index in [4.69, 9.17) is 31.1 Å². The number of hydrogen-bond acceptors (Lipinski definition) is 7. The molecule has 2 aliphatic heterocycles. The van der Waals surface area contributed by atoms with Gasteiger partial charge in [0.05, 0.1) is 31.2 Å². The van der Waals surface area contributed by atoms with E-state index in [1.165, 1.54) is 17.8 Å². The van der Waals surface area contributed by atoms with E-state index in [0.717, 1.165) is 61.3 Å². The summed E-state index contributed by atoms with van der Waals surface area (Å²) in [6.45, 7) is 6.67. The third kappa shape index (κ3) is 6.11. The zero-order valence-corrected chi connectivity index (χ0v) is 22.8. The zero-order valence-electron chi connectivity index (χ0n) is 21.2. The first-order chi connectivity index (χ1) is 17.4. The molecule has 0 unspecified atom stereocenters. The number of halogens is 2. The van der Waals surface area contributed by atoms with Crippen LogP contribution in [0.2, 0.25) is 5.02 Å². The Hall–Kier alpha value is -2.39. The van der Waals surface area contributed by atoms with Crippen molar-refractivity contribution in [2.45, 2.75) is 13.3 Å². The molecular weight excluding hydrogens is 499 g/mol. The van der Waals surface area contributed by atoms with Gasteiger partial charge in [-0.2, -0.15) is 0 Å². The van der Waals surface area contributed by atoms with Crippen LogP contribution >= 0.6 is 23.4 Å². The van der Waals surface area contributed by atoms with Crippen molar-refractivity contribution in [3.8, 4) is 5.75 Å². The van der Waals surface area contributed by atoms with Gasteiger partial charge in [0.25, 0.3) is 0 Å². The molecule has 0 saturated carbocycles. The molecule has 2 aliphatic rings. The number of hydrogen-bond donors (Lipinski definition) is 0. The standard InChI is InChI=1S/C27H32ClFN4O2S/c1-18(32(2)3)25-27(36-4)30-23-17-24(35-13-7-10-33-11-14-34-15-12-33)22(29)16-20(23)26(31-25)19-8-5-6-9-21(19)28/h5-6,8-9,16-17H,7,10-15H2,1-4H3. The number of fused-ring (bicyclic) bond motifs is 1. The lowest BCUT2D eigenvalue weighted by atomic mass is 10.00. The van der Waals surface area contributed by atoms with Gasteiger partial charge in [0.2, 0.25) is 0 Å². The molecule has 4 rings (SSSR count). The first-order valence-corrected chi connectivity index (χ1v) is 13.6. The molecule has 36 heavy (non-hydrogen) atoms. The highest BCUT2D eigenvalue weighted by atomic mass is 35.5. The number of ether oxygens (including phenoxy) is 2. The highest BCUT2D eigenvalue weighted by Crippen LogP contribution is 2.37. The third-order valence-corrected chi connectivity index (χ3v) is 7.27. The van der Waals surface area contributed by atoms with E-state index in [9.17, 15) is 0 Å². The second-order valence-corrected chi connectivity index (χ2v) is 10.0. The molecule has 192 valence electrons. The molecule has 0 atom stereocenters. The lowest BCUT2D eigenvalue weighted by Crippen LogP contribution is -2.37. The monoisotopic (exact) mass is 530 g/mol. The first kappa shape index (κ1) is 26.7. The van der Waals surface area contributed by atoms with E-state index in [1.807, 2.05) is 56.4 Å². The van der Waals surface area contributed by atoms with Gasteiger partial charge in [-0.15, -0.1) is 11.8 Å². The normalized spacial score (nSPS) is 17.6. The van der Waals surface area contributed by atoms with Crippen molar-refractivity contribution in [2.75, 3.05) is 59.8 Å². The van der Waals surface area contributed by atoms with Crippen LogP contribution in [0.4, 0.5) is 10.1 Å². The van der Waals surface area contributed by atoms with Crippen molar-refractivity contribution in [1.82, 2.24) is 9.80 Å². The molecule has 0 spiro atoms. The predicted octanol–water partition coefficient (Wildman–Crippen LogP) is 5.62. The minimum absolute atomic E-state index is 0.190. The summed E-state index contributed by atoms with van der Waals surface area (Å²) in [5, 5.41) is 1.29. The van der Waals surface area contributed by atoms with Crippen LogP contribution in [-0.4, -0.2) is 80.4 Å². The molecule has 0 bridgehead atoms. The molecule has 2 aromatic carbocycles. The Morgan fingerprint density at radius 2 is 1.92 bits per heavy atom. The first-order valence-electron chi connectivity index (χ1n) is 12.0. The van der Waals surface area contributed by atoms with Crippen LogP contribution in [0.1, 0.15) is 24.5 Å². The second kappa shape index (κ2) is 12.2. The minimum atomic E-state index is -0.447. The molecular formula is C27H32ClFN4O2S. The fourth-order valence-corrected chi connectivity index (χ4v) is 4.86. The topological polar surface area (TPSA) is 49.7 Å². The van der Waals surface area contributed by atoms with Crippen molar-refractivity contribution in [3.63, 3.8) is 0 Å². The number of aliphatic imine (C=N–C) groups is 2. The number of morpholine rings is 1. The van der Waals surface area contributed by atoms with Gasteiger partial charge in [-0.05, 0) is 31.7 Å². The lowest BCUT2D eigenvalue weighted by Gasteiger charge is -2.26. The summed E-state index contributed by atoms with van der Waals surface area (Å²) in [6, 6.07) is 10.6. The van der Waals surface area contributed by atoms with Crippen molar-refractivity contribution >= 4 is 39.8 Å². The Kier molecular flexibility index (Phi) is 9.06. The Morgan fingerprint density at radius 1 is 1.17 bits per heavy atom. The van der Waals surface area contributed by atoms with E-state index in [1.54, 1.807) is 6.07 Å². The van der Waals surface area contributed by atoms with Gasteiger partial charge in [-0.3, -0.25) is 4.90 Å². The molecule has 1 saturated heterocycles. The fraction of sp³-hybridized carbons (Fsp3) is 0.407. The van der Waals surface area contributed by atoms with E-state index in [0.29, 0.717) is 28.6 Å². The van der Waals surface area contributed by atoms with Crippen LogP contribution in [-0.2, 0) is 4.74 Å². The van der Waals surface area contributed by atoms with Gasteiger partial charge in [-0.25, -0.2) is 14.4 Å². The average Bonchev–Trinajstić information content (AvgIpc) is 3.03. The summed E-state index contributed by atoms with van der Waals surface area (Å²) in [5.41, 5.74) is 4.16. The Balaban J connectivity index is 1.71. The molecule has 6 nitrogen and oxygen atoms in total. The van der Waals surface area contributed by atoms with Crippen LogP contribution in [0.15, 0.2) is 57.8 Å². The summed E-state index contributed by atoms with van der Waals surface area (Å²) < 4.78 is 26.6. The minimum Gasteiger partial charge on any atom is -0.490 e. The molecule has 9 heteroatoms. The van der Waals surface area contributed by atoms with Crippen molar-refractivity contribution in [2.24, 2.45) is 9.98 Å². The molecule has 2 heterocycles. The number of rotatable bonds is 7. The molecule has 0 aliphatic carbocycles. The van der Waals surface area contributed by atoms with Crippen molar-refractivity contribution in [1.29, 1.82) is 0 Å². The Bertz CT molecular complexity index is 1190. The predicted molar refractivity (Wildman–Crippen MR) is 148 cm³/mol. The third-order valence-electron chi connectivity index (χ3n) is 6.27. The number of thioether (sulfide) groups is 1. The maximum Gasteiger partial charge on any atom is 0.165 e. The maximum atomic E-state index is 15.3. The van der Waals surface area contributed by atoms with E-state index < -0.39 is 5.82 Å². The SMILES string of the molecule is CSC1=Nc2cc(OCCCN3CCOCC3)c(F)cc2C(c2ccccc2Cl)=NC1=C(C)N(C)C. The van der Waals surface area contributed by atoms with Crippen LogP contribution in [0, 0.1) is 5.82 Å². The average molecular weight is 531 g/mol. The van der Waals surface area contributed by atoms with Crippen molar-refractivity contribution in [3.05, 3.63) is 69.8 Å². The van der Waals surface area contributed by atoms with Gasteiger partial charge in [-0.1, -0.05) is 29.8 Å². The summed E-state index contributed by atoms with van der Waals surface area (Å²) >= 11 is 8.08. The molecule has 2 aromatic rings. The van der Waals surface area contributed by atoms with Crippen LogP contribution in [0.5, 0.6) is 5.75 Å². The van der Waals surface area contributed by atoms with Gasteiger partial charge < -0.3 is 14.4 Å².